The van der Waals surface area contributed by atoms with Crippen molar-refractivity contribution in [3.05, 3.63) is 33.7 Å². The van der Waals surface area contributed by atoms with Crippen molar-refractivity contribution in [2.45, 2.75) is 18.6 Å². The van der Waals surface area contributed by atoms with E-state index in [9.17, 15) is 15.0 Å². The summed E-state index contributed by atoms with van der Waals surface area (Å²) >= 11 is 0. The lowest BCUT2D eigenvalue weighted by atomic mass is 9.98. The van der Waals surface area contributed by atoms with Crippen LogP contribution in [0.4, 0.5) is 0 Å². The van der Waals surface area contributed by atoms with Crippen molar-refractivity contribution in [3.63, 3.8) is 0 Å². The van der Waals surface area contributed by atoms with Crippen LogP contribution in [0.15, 0.2) is 17.2 Å². The Balaban J connectivity index is 3.14. The third-order valence-electron chi connectivity index (χ3n) is 2.95. The normalized spacial score (nSPS) is 13.0. The van der Waals surface area contributed by atoms with Crippen molar-refractivity contribution in [2.75, 3.05) is 20.8 Å². The average Bonchev–Trinajstić information content (AvgIpc) is 2.52. The van der Waals surface area contributed by atoms with E-state index in [0.717, 1.165) is 0 Å². The molecule has 1 aromatic rings. The number of aliphatic hydroxyl groups excluding tert-OH is 2. The van der Waals surface area contributed by atoms with Crippen molar-refractivity contribution >= 4 is 6.29 Å². The van der Waals surface area contributed by atoms with Gasteiger partial charge in [-0.3, -0.25) is 4.79 Å². The quantitative estimate of drug-likeness (QED) is 0.326. The van der Waals surface area contributed by atoms with Gasteiger partial charge in [0.2, 0.25) is 0 Å². The predicted molar refractivity (Wildman–Crippen MR) is 74.5 cm³/mol. The number of rotatable bonds is 8. The zero-order valence-corrected chi connectivity index (χ0v) is 11.8. The van der Waals surface area contributed by atoms with Gasteiger partial charge in [-0.25, -0.2) is 0 Å². The van der Waals surface area contributed by atoms with E-state index in [0.29, 0.717) is 11.8 Å². The molecule has 1 rings (SSSR count). The number of carbonyl (C=O) groups is 1. The zero-order chi connectivity index (χ0) is 15.8. The van der Waals surface area contributed by atoms with E-state index < -0.39 is 12.2 Å². The Morgan fingerprint density at radius 3 is 2.33 bits per heavy atom. The number of hydrogen-bond acceptors (Lipinski definition) is 6. The van der Waals surface area contributed by atoms with E-state index in [4.69, 9.17) is 15.0 Å². The van der Waals surface area contributed by atoms with Gasteiger partial charge in [0.05, 0.1) is 25.9 Å². The van der Waals surface area contributed by atoms with Crippen LogP contribution in [0.25, 0.3) is 10.4 Å². The van der Waals surface area contributed by atoms with E-state index in [-0.39, 0.29) is 30.0 Å². The van der Waals surface area contributed by atoms with Crippen molar-refractivity contribution in [1.82, 2.24) is 0 Å². The molecule has 2 N–H and O–H groups in total. The summed E-state index contributed by atoms with van der Waals surface area (Å²) in [6.07, 6.45) is -1.77. The van der Waals surface area contributed by atoms with Crippen LogP contribution >= 0.6 is 0 Å². The van der Waals surface area contributed by atoms with E-state index in [2.05, 4.69) is 10.0 Å². The number of methoxy groups -OCH3 is 2. The Morgan fingerprint density at radius 1 is 1.33 bits per heavy atom. The minimum Gasteiger partial charge on any atom is -0.496 e. The fourth-order valence-electron chi connectivity index (χ4n) is 1.90. The second-order valence-electron chi connectivity index (χ2n) is 4.21. The Morgan fingerprint density at radius 2 is 1.90 bits per heavy atom. The summed E-state index contributed by atoms with van der Waals surface area (Å²) in [7, 11) is 2.76. The fraction of sp³-hybridized carbons (Fsp3) is 0.462. The first kappa shape index (κ1) is 16.8. The maximum absolute atomic E-state index is 10.9. The van der Waals surface area contributed by atoms with E-state index in [1.54, 1.807) is 0 Å². The van der Waals surface area contributed by atoms with Crippen LogP contribution in [0.1, 0.15) is 28.4 Å². The Labute approximate surface area is 121 Å². The van der Waals surface area contributed by atoms with Gasteiger partial charge in [-0.2, -0.15) is 0 Å². The number of nitrogens with zero attached hydrogens (tertiary/aromatic N) is 3. The SMILES string of the molecule is COc1cc(C=O)cc(OC)c1C(O)C(O)CCN=[N+]=[N-]. The number of azide groups is 1. The van der Waals surface area contributed by atoms with Crippen LogP contribution in [-0.4, -0.2) is 43.4 Å². The number of benzene rings is 1. The molecule has 1 aromatic carbocycles. The number of hydrogen-bond donors (Lipinski definition) is 2. The van der Waals surface area contributed by atoms with Gasteiger partial charge in [0.25, 0.3) is 0 Å². The molecule has 0 heterocycles. The number of aliphatic hydroxyl groups is 2. The molecular formula is C13H17N3O5. The minimum atomic E-state index is -1.30. The molecule has 8 nitrogen and oxygen atoms in total. The van der Waals surface area contributed by atoms with E-state index in [1.165, 1.54) is 26.4 Å². The second kappa shape index (κ2) is 8.11. The lowest BCUT2D eigenvalue weighted by molar-refractivity contribution is 0.0123. The summed E-state index contributed by atoms with van der Waals surface area (Å²) in [6, 6.07) is 2.88. The van der Waals surface area contributed by atoms with Crippen LogP contribution in [0.3, 0.4) is 0 Å². The summed E-state index contributed by atoms with van der Waals surface area (Å²) < 4.78 is 10.3. The number of ether oxygens (including phenoxy) is 2. The predicted octanol–water partition coefficient (Wildman–Crippen LogP) is 1.61. The lowest BCUT2D eigenvalue weighted by Gasteiger charge is -2.22. The van der Waals surface area contributed by atoms with Gasteiger partial charge in [0.15, 0.2) is 0 Å². The highest BCUT2D eigenvalue weighted by molar-refractivity contribution is 5.77. The molecule has 0 saturated carbocycles. The van der Waals surface area contributed by atoms with Crippen LogP contribution in [-0.2, 0) is 0 Å². The van der Waals surface area contributed by atoms with Crippen molar-refractivity contribution in [2.24, 2.45) is 5.11 Å². The molecule has 0 spiro atoms. The first-order valence-electron chi connectivity index (χ1n) is 6.17. The standard InChI is InChI=1S/C13H17N3O5/c1-20-10-5-8(7-17)6-11(21-2)12(10)13(19)9(18)3-4-15-16-14/h5-7,9,13,18-19H,3-4H2,1-2H3. The van der Waals surface area contributed by atoms with E-state index >= 15 is 0 Å². The molecule has 0 aliphatic carbocycles. The summed E-state index contributed by atoms with van der Waals surface area (Å²) in [6.45, 7) is 0.0474. The highest BCUT2D eigenvalue weighted by atomic mass is 16.5. The average molecular weight is 295 g/mol. The Kier molecular flexibility index (Phi) is 6.48. The fourth-order valence-corrected chi connectivity index (χ4v) is 1.90. The summed E-state index contributed by atoms with van der Waals surface area (Å²) in [5.74, 6) is 0.457. The maximum atomic E-state index is 10.9. The maximum Gasteiger partial charge on any atom is 0.150 e. The second-order valence-corrected chi connectivity index (χ2v) is 4.21. The zero-order valence-electron chi connectivity index (χ0n) is 11.8. The van der Waals surface area contributed by atoms with Crippen LogP contribution in [0.2, 0.25) is 0 Å². The van der Waals surface area contributed by atoms with E-state index in [1.807, 2.05) is 0 Å². The van der Waals surface area contributed by atoms with Gasteiger partial charge >= 0.3 is 0 Å². The Hall–Kier alpha value is -2.28. The molecule has 0 amide bonds. The van der Waals surface area contributed by atoms with Gasteiger partial charge in [0, 0.05) is 17.0 Å². The first-order chi connectivity index (χ1) is 10.1. The molecule has 0 aliphatic heterocycles. The van der Waals surface area contributed by atoms with Crippen LogP contribution in [0.5, 0.6) is 11.5 Å². The third kappa shape index (κ3) is 4.09. The smallest absolute Gasteiger partial charge is 0.150 e. The van der Waals surface area contributed by atoms with Gasteiger partial charge in [0.1, 0.15) is 23.9 Å². The molecule has 0 radical (unpaired) electrons. The molecular weight excluding hydrogens is 278 g/mol. The highest BCUT2D eigenvalue weighted by Crippen LogP contribution is 2.37. The molecule has 0 aromatic heterocycles. The van der Waals surface area contributed by atoms with Gasteiger partial charge in [-0.1, -0.05) is 5.11 Å². The topological polar surface area (TPSA) is 125 Å². The highest BCUT2D eigenvalue weighted by Gasteiger charge is 2.26. The molecule has 0 fully saturated rings. The Bertz CT molecular complexity index is 518. The van der Waals surface area contributed by atoms with Crippen molar-refractivity contribution in [3.8, 4) is 11.5 Å². The minimum absolute atomic E-state index is 0.0474. The first-order valence-corrected chi connectivity index (χ1v) is 6.17. The molecule has 8 heteroatoms. The number of carbonyl (C=O) groups excluding carboxylic acids is 1. The van der Waals surface area contributed by atoms with Crippen molar-refractivity contribution in [1.29, 1.82) is 0 Å². The van der Waals surface area contributed by atoms with Crippen LogP contribution < -0.4 is 9.47 Å². The van der Waals surface area contributed by atoms with Gasteiger partial charge in [-0.05, 0) is 24.1 Å². The monoisotopic (exact) mass is 295 g/mol. The van der Waals surface area contributed by atoms with Crippen molar-refractivity contribution < 1.29 is 24.5 Å². The molecule has 2 atom stereocenters. The molecule has 0 bridgehead atoms. The molecule has 21 heavy (non-hydrogen) atoms. The summed E-state index contributed by atoms with van der Waals surface area (Å²) in [4.78, 5) is 13.4. The van der Waals surface area contributed by atoms with Gasteiger partial charge < -0.3 is 19.7 Å². The molecule has 0 saturated heterocycles. The largest absolute Gasteiger partial charge is 0.496 e. The summed E-state index contributed by atoms with van der Waals surface area (Å²) in [5.41, 5.74) is 8.76. The van der Waals surface area contributed by atoms with Gasteiger partial charge in [-0.15, -0.1) is 0 Å². The molecule has 0 aliphatic rings. The lowest BCUT2D eigenvalue weighted by Crippen LogP contribution is -2.20. The third-order valence-corrected chi connectivity index (χ3v) is 2.95. The summed E-state index contributed by atoms with van der Waals surface area (Å²) in [5, 5.41) is 23.5. The molecule has 114 valence electrons. The number of aldehydes is 1. The molecule has 2 unspecified atom stereocenters. The van der Waals surface area contributed by atoms with Crippen LogP contribution in [0, 0.1) is 0 Å².